The quantitative estimate of drug-likeness (QED) is 0.274. The van der Waals surface area contributed by atoms with Gasteiger partial charge in [0.25, 0.3) is 11.7 Å². The molecule has 1 atom stereocenters. The van der Waals surface area contributed by atoms with E-state index in [0.29, 0.717) is 36.1 Å². The molecule has 6 nitrogen and oxygen atoms in total. The minimum atomic E-state index is -0.699. The third-order valence-electron chi connectivity index (χ3n) is 5.22. The Labute approximate surface area is 183 Å². The molecule has 6 heteroatoms. The number of nitrogens with zero attached hydrogens (tertiary/aromatic N) is 2. The number of ether oxygens (including phenoxy) is 1. The predicted octanol–water partition coefficient (Wildman–Crippen LogP) is 4.73. The van der Waals surface area contributed by atoms with E-state index in [1.807, 2.05) is 6.07 Å². The summed E-state index contributed by atoms with van der Waals surface area (Å²) in [5.74, 6) is -0.376. The molecule has 0 radical (unpaired) electrons. The van der Waals surface area contributed by atoms with Crippen LogP contribution in [0.2, 0.25) is 0 Å². The van der Waals surface area contributed by atoms with Gasteiger partial charge in [0.15, 0.2) is 0 Å². The average Bonchev–Trinajstić information content (AvgIpc) is 3.03. The lowest BCUT2D eigenvalue weighted by molar-refractivity contribution is -0.140. The zero-order valence-electron chi connectivity index (χ0n) is 18.4. The number of amides is 1. The van der Waals surface area contributed by atoms with Gasteiger partial charge in [-0.25, -0.2) is 0 Å². The molecular formula is C25H30N2O4. The van der Waals surface area contributed by atoms with Crippen LogP contribution in [0.4, 0.5) is 0 Å². The van der Waals surface area contributed by atoms with Crippen molar-refractivity contribution in [2.75, 3.05) is 13.2 Å². The van der Waals surface area contributed by atoms with E-state index in [4.69, 9.17) is 4.74 Å². The molecule has 1 N–H and O–H groups in total. The molecule has 31 heavy (non-hydrogen) atoms. The summed E-state index contributed by atoms with van der Waals surface area (Å²) in [6.07, 6.45) is 4.37. The van der Waals surface area contributed by atoms with Crippen molar-refractivity contribution >= 4 is 17.4 Å². The highest BCUT2D eigenvalue weighted by Gasteiger charge is 2.46. The fourth-order valence-corrected chi connectivity index (χ4v) is 3.62. The average molecular weight is 423 g/mol. The van der Waals surface area contributed by atoms with Crippen LogP contribution in [0.15, 0.2) is 54.2 Å². The number of rotatable bonds is 9. The highest BCUT2D eigenvalue weighted by atomic mass is 16.5. The number of ketones is 1. The summed E-state index contributed by atoms with van der Waals surface area (Å²) in [7, 11) is 0. The maximum Gasteiger partial charge on any atom is 0.295 e. The van der Waals surface area contributed by atoms with Gasteiger partial charge in [0.2, 0.25) is 0 Å². The Morgan fingerprint density at radius 3 is 2.48 bits per heavy atom. The van der Waals surface area contributed by atoms with Gasteiger partial charge in [-0.3, -0.25) is 14.6 Å². The lowest BCUT2D eigenvalue weighted by Crippen LogP contribution is -2.31. The zero-order valence-corrected chi connectivity index (χ0v) is 18.4. The van der Waals surface area contributed by atoms with E-state index in [-0.39, 0.29) is 11.3 Å². The van der Waals surface area contributed by atoms with Crippen molar-refractivity contribution < 1.29 is 19.4 Å². The Bertz CT molecular complexity index is 936. The molecule has 1 amide bonds. The van der Waals surface area contributed by atoms with E-state index < -0.39 is 17.7 Å². The van der Waals surface area contributed by atoms with Crippen molar-refractivity contribution in [3.05, 3.63) is 65.5 Å². The molecule has 1 unspecified atom stereocenters. The van der Waals surface area contributed by atoms with Gasteiger partial charge in [0.1, 0.15) is 17.6 Å². The standard InChI is InChI=1S/C25H30N2O4/c1-4-5-8-15-27-22(20-9-6-7-14-26-20)21(24(29)25(27)30)23(28)18-10-12-19(13-11-18)31-16-17(2)3/h6-7,9-14,17,22,28H,4-5,8,15-16H2,1-3H3/b23-21-. The molecule has 1 aromatic heterocycles. The summed E-state index contributed by atoms with van der Waals surface area (Å²) in [5.41, 5.74) is 1.11. The van der Waals surface area contributed by atoms with E-state index in [2.05, 4.69) is 25.8 Å². The summed E-state index contributed by atoms with van der Waals surface area (Å²) in [6.45, 7) is 7.25. The fourth-order valence-electron chi connectivity index (χ4n) is 3.62. The number of carbonyl (C=O) groups excluding carboxylic acids is 2. The van der Waals surface area contributed by atoms with Crippen LogP contribution in [0.1, 0.15) is 57.3 Å². The lowest BCUT2D eigenvalue weighted by atomic mass is 9.98. The second-order valence-electron chi connectivity index (χ2n) is 8.18. The Balaban J connectivity index is 1.98. The summed E-state index contributed by atoms with van der Waals surface area (Å²) in [4.78, 5) is 31.7. The topological polar surface area (TPSA) is 79.7 Å². The minimum Gasteiger partial charge on any atom is -0.507 e. The largest absolute Gasteiger partial charge is 0.507 e. The normalized spacial score (nSPS) is 18.1. The van der Waals surface area contributed by atoms with Crippen LogP contribution in [-0.2, 0) is 9.59 Å². The first kappa shape index (κ1) is 22.5. The van der Waals surface area contributed by atoms with Gasteiger partial charge in [0.05, 0.1) is 17.9 Å². The number of likely N-dealkylation sites (tertiary alicyclic amines) is 1. The summed E-state index contributed by atoms with van der Waals surface area (Å²) >= 11 is 0. The monoisotopic (exact) mass is 422 g/mol. The van der Waals surface area contributed by atoms with Gasteiger partial charge >= 0.3 is 0 Å². The molecule has 1 aliphatic heterocycles. The van der Waals surface area contributed by atoms with Crippen molar-refractivity contribution in [2.24, 2.45) is 5.92 Å². The molecule has 0 aliphatic carbocycles. The molecule has 2 aromatic rings. The van der Waals surface area contributed by atoms with Crippen LogP contribution in [0, 0.1) is 5.92 Å². The molecule has 0 saturated carbocycles. The van der Waals surface area contributed by atoms with E-state index in [1.54, 1.807) is 42.6 Å². The lowest BCUT2D eigenvalue weighted by Gasteiger charge is -2.24. The first-order chi connectivity index (χ1) is 14.9. The van der Waals surface area contributed by atoms with E-state index in [1.165, 1.54) is 4.90 Å². The highest BCUT2D eigenvalue weighted by Crippen LogP contribution is 2.38. The van der Waals surface area contributed by atoms with Crippen molar-refractivity contribution in [1.29, 1.82) is 0 Å². The maximum absolute atomic E-state index is 12.9. The van der Waals surface area contributed by atoms with Crippen molar-refractivity contribution in [1.82, 2.24) is 9.88 Å². The number of hydrogen-bond acceptors (Lipinski definition) is 5. The molecule has 1 aliphatic rings. The number of Topliss-reactive ketones (excluding diaryl/α,β-unsaturated/α-hetero) is 1. The van der Waals surface area contributed by atoms with Gasteiger partial charge in [-0.2, -0.15) is 0 Å². The number of aliphatic hydroxyl groups is 1. The Hall–Kier alpha value is -3.15. The molecule has 1 saturated heterocycles. The predicted molar refractivity (Wildman–Crippen MR) is 120 cm³/mol. The third-order valence-corrected chi connectivity index (χ3v) is 5.22. The molecule has 3 rings (SSSR count). The highest BCUT2D eigenvalue weighted by molar-refractivity contribution is 6.46. The second-order valence-corrected chi connectivity index (χ2v) is 8.18. The molecule has 1 fully saturated rings. The van der Waals surface area contributed by atoms with E-state index >= 15 is 0 Å². The Morgan fingerprint density at radius 1 is 1.13 bits per heavy atom. The van der Waals surface area contributed by atoms with Crippen LogP contribution in [0.25, 0.3) is 5.76 Å². The van der Waals surface area contributed by atoms with Gasteiger partial charge in [-0.15, -0.1) is 0 Å². The maximum atomic E-state index is 12.9. The number of aromatic nitrogens is 1. The molecule has 164 valence electrons. The van der Waals surface area contributed by atoms with Crippen LogP contribution in [-0.4, -0.2) is 39.8 Å². The Morgan fingerprint density at radius 2 is 1.87 bits per heavy atom. The van der Waals surface area contributed by atoms with Crippen molar-refractivity contribution in [3.8, 4) is 5.75 Å². The van der Waals surface area contributed by atoms with Gasteiger partial charge in [-0.1, -0.05) is 39.7 Å². The zero-order chi connectivity index (χ0) is 22.4. The number of benzene rings is 1. The molecule has 2 heterocycles. The van der Waals surface area contributed by atoms with E-state index in [0.717, 1.165) is 19.3 Å². The number of aliphatic hydroxyl groups excluding tert-OH is 1. The van der Waals surface area contributed by atoms with Gasteiger partial charge < -0.3 is 14.7 Å². The molecular weight excluding hydrogens is 392 g/mol. The molecule has 0 spiro atoms. The van der Waals surface area contributed by atoms with Crippen LogP contribution >= 0.6 is 0 Å². The number of carbonyl (C=O) groups is 2. The second kappa shape index (κ2) is 10.2. The summed E-state index contributed by atoms with van der Waals surface area (Å²) in [5, 5.41) is 11.0. The summed E-state index contributed by atoms with van der Waals surface area (Å²) in [6, 6.07) is 11.6. The smallest absolute Gasteiger partial charge is 0.295 e. The Kier molecular flexibility index (Phi) is 7.45. The van der Waals surface area contributed by atoms with Gasteiger partial charge in [0, 0.05) is 18.3 Å². The number of hydrogen-bond donors (Lipinski definition) is 1. The van der Waals surface area contributed by atoms with E-state index in [9.17, 15) is 14.7 Å². The van der Waals surface area contributed by atoms with Crippen LogP contribution < -0.4 is 4.74 Å². The fraction of sp³-hybridized carbons (Fsp3) is 0.400. The SMILES string of the molecule is CCCCCN1C(=O)C(=O)/C(=C(\O)c2ccc(OCC(C)C)cc2)C1c1ccccn1. The van der Waals surface area contributed by atoms with Crippen molar-refractivity contribution in [3.63, 3.8) is 0 Å². The number of pyridine rings is 1. The first-order valence-electron chi connectivity index (χ1n) is 10.9. The van der Waals surface area contributed by atoms with Crippen LogP contribution in [0.3, 0.4) is 0 Å². The van der Waals surface area contributed by atoms with Crippen LogP contribution in [0.5, 0.6) is 5.75 Å². The number of unbranched alkanes of at least 4 members (excludes halogenated alkanes) is 2. The van der Waals surface area contributed by atoms with Crippen molar-refractivity contribution in [2.45, 2.75) is 46.1 Å². The third kappa shape index (κ3) is 5.13. The minimum absolute atomic E-state index is 0.0797. The molecule has 1 aromatic carbocycles. The van der Waals surface area contributed by atoms with Gasteiger partial charge in [-0.05, 0) is 48.7 Å². The summed E-state index contributed by atoms with van der Waals surface area (Å²) < 4.78 is 5.69. The first-order valence-corrected chi connectivity index (χ1v) is 10.9. The molecule has 0 bridgehead atoms.